The van der Waals surface area contributed by atoms with Crippen molar-refractivity contribution in [3.8, 4) is 0 Å². The molecule has 0 aromatic heterocycles. The van der Waals surface area contributed by atoms with Crippen molar-refractivity contribution in [2.45, 2.75) is 25.9 Å². The molecule has 0 bridgehead atoms. The molecule has 5 nitrogen and oxygen atoms in total. The maximum Gasteiger partial charge on any atom is 0.172 e. The van der Waals surface area contributed by atoms with E-state index in [4.69, 9.17) is 10.9 Å². The van der Waals surface area contributed by atoms with E-state index in [1.54, 1.807) is 0 Å². The van der Waals surface area contributed by atoms with Gasteiger partial charge in [0.2, 0.25) is 0 Å². The van der Waals surface area contributed by atoms with E-state index in [0.29, 0.717) is 5.92 Å². The van der Waals surface area contributed by atoms with Gasteiger partial charge in [0.15, 0.2) is 5.84 Å². The van der Waals surface area contributed by atoms with Crippen LogP contribution in [-0.4, -0.2) is 35.3 Å². The second-order valence-corrected chi connectivity index (χ2v) is 6.13. The number of hydrogen-bond acceptors (Lipinski definition) is 4. The number of rotatable bonds is 3. The second-order valence-electron chi connectivity index (χ2n) is 5.21. The molecule has 1 fully saturated rings. The minimum absolute atomic E-state index is 0.116. The van der Waals surface area contributed by atoms with E-state index >= 15 is 0 Å². The number of anilines is 1. The van der Waals surface area contributed by atoms with Gasteiger partial charge in [0.1, 0.15) is 0 Å². The summed E-state index contributed by atoms with van der Waals surface area (Å²) in [6.45, 7) is 3.57. The summed E-state index contributed by atoms with van der Waals surface area (Å²) < 4.78 is 0.958. The lowest BCUT2D eigenvalue weighted by molar-refractivity contribution is 0.110. The zero-order valence-electron chi connectivity index (χ0n) is 11.5. The Morgan fingerprint density at radius 2 is 2.10 bits per heavy atom. The predicted molar refractivity (Wildman–Crippen MR) is 83.3 cm³/mol. The van der Waals surface area contributed by atoms with Gasteiger partial charge in [0.25, 0.3) is 0 Å². The Balaban J connectivity index is 2.23. The van der Waals surface area contributed by atoms with Crippen molar-refractivity contribution in [2.75, 3.05) is 18.0 Å². The summed E-state index contributed by atoms with van der Waals surface area (Å²) in [5.41, 5.74) is 7.43. The fraction of sp³-hybridized carbons (Fsp3) is 0.500. The molecule has 1 unspecified atom stereocenters. The van der Waals surface area contributed by atoms with Crippen LogP contribution in [-0.2, 0) is 0 Å². The Morgan fingerprint density at radius 3 is 2.65 bits per heavy atom. The SMILES string of the molecule is CC(O)C1CCN(c2cc(Br)ccc2/C(N)=N/O)CC1. The van der Waals surface area contributed by atoms with E-state index < -0.39 is 0 Å². The van der Waals surface area contributed by atoms with Crippen molar-refractivity contribution < 1.29 is 10.3 Å². The van der Waals surface area contributed by atoms with Gasteiger partial charge in [-0.2, -0.15) is 0 Å². The molecule has 1 atom stereocenters. The van der Waals surface area contributed by atoms with Crippen molar-refractivity contribution in [3.05, 3.63) is 28.2 Å². The maximum absolute atomic E-state index is 9.66. The van der Waals surface area contributed by atoms with Gasteiger partial charge in [0, 0.05) is 28.8 Å². The molecule has 0 aliphatic carbocycles. The third-order valence-corrected chi connectivity index (χ3v) is 4.40. The van der Waals surface area contributed by atoms with Crippen LogP contribution in [0.25, 0.3) is 0 Å². The fourth-order valence-electron chi connectivity index (χ4n) is 2.66. The smallest absolute Gasteiger partial charge is 0.172 e. The van der Waals surface area contributed by atoms with Gasteiger partial charge < -0.3 is 20.9 Å². The van der Waals surface area contributed by atoms with Crippen LogP contribution in [0.2, 0.25) is 0 Å². The molecule has 6 heteroatoms. The highest BCUT2D eigenvalue weighted by Gasteiger charge is 2.24. The number of aliphatic hydroxyl groups excluding tert-OH is 1. The molecule has 0 saturated carbocycles. The summed E-state index contributed by atoms with van der Waals surface area (Å²) in [5.74, 6) is 0.468. The molecule has 0 spiro atoms. The summed E-state index contributed by atoms with van der Waals surface area (Å²) >= 11 is 3.46. The van der Waals surface area contributed by atoms with Crippen LogP contribution in [0.5, 0.6) is 0 Å². The molecule has 4 N–H and O–H groups in total. The Morgan fingerprint density at radius 1 is 1.45 bits per heavy atom. The van der Waals surface area contributed by atoms with E-state index in [2.05, 4.69) is 26.0 Å². The third kappa shape index (κ3) is 3.24. The van der Waals surface area contributed by atoms with Crippen LogP contribution in [0.3, 0.4) is 0 Å². The highest BCUT2D eigenvalue weighted by Crippen LogP contribution is 2.30. The highest BCUT2D eigenvalue weighted by atomic mass is 79.9. The molecule has 0 radical (unpaired) electrons. The van der Waals surface area contributed by atoms with Gasteiger partial charge >= 0.3 is 0 Å². The van der Waals surface area contributed by atoms with E-state index in [-0.39, 0.29) is 11.9 Å². The second kappa shape index (κ2) is 6.45. The minimum Gasteiger partial charge on any atom is -0.409 e. The largest absolute Gasteiger partial charge is 0.409 e. The number of aliphatic hydroxyl groups is 1. The standard InChI is InChI=1S/C14H20BrN3O2/c1-9(19)10-4-6-18(7-5-10)13-8-11(15)2-3-12(13)14(16)17-20/h2-3,8-10,19-20H,4-7H2,1H3,(H2,16,17). The van der Waals surface area contributed by atoms with Gasteiger partial charge in [0.05, 0.1) is 6.10 Å². The average molecular weight is 342 g/mol. The van der Waals surface area contributed by atoms with Gasteiger partial charge in [-0.15, -0.1) is 0 Å². The lowest BCUT2D eigenvalue weighted by atomic mass is 9.91. The van der Waals surface area contributed by atoms with Crippen LogP contribution in [0.15, 0.2) is 27.8 Å². The van der Waals surface area contributed by atoms with Gasteiger partial charge in [-0.05, 0) is 43.9 Å². The van der Waals surface area contributed by atoms with Gasteiger partial charge in [-0.3, -0.25) is 0 Å². The predicted octanol–water partition coefficient (Wildman–Crippen LogP) is 2.14. The zero-order chi connectivity index (χ0) is 14.7. The first kappa shape index (κ1) is 15.1. The van der Waals surface area contributed by atoms with Crippen LogP contribution in [0, 0.1) is 5.92 Å². The van der Waals surface area contributed by atoms with Crippen molar-refractivity contribution in [1.29, 1.82) is 0 Å². The quantitative estimate of drug-likeness (QED) is 0.340. The molecule has 0 amide bonds. The number of hydrogen-bond donors (Lipinski definition) is 3. The number of piperidine rings is 1. The summed E-state index contributed by atoms with van der Waals surface area (Å²) in [5, 5.41) is 21.7. The molecular formula is C14H20BrN3O2. The number of halogens is 1. The monoisotopic (exact) mass is 341 g/mol. The molecule has 20 heavy (non-hydrogen) atoms. The molecular weight excluding hydrogens is 322 g/mol. The molecule has 1 aromatic rings. The van der Waals surface area contributed by atoms with Crippen LogP contribution in [0.4, 0.5) is 5.69 Å². The van der Waals surface area contributed by atoms with Gasteiger partial charge in [-0.1, -0.05) is 21.1 Å². The molecule has 1 saturated heterocycles. The Kier molecular flexibility index (Phi) is 4.88. The fourth-order valence-corrected chi connectivity index (χ4v) is 3.01. The number of benzene rings is 1. The Labute approximate surface area is 127 Å². The molecule has 110 valence electrons. The summed E-state index contributed by atoms with van der Waals surface area (Å²) in [6, 6.07) is 5.70. The highest BCUT2D eigenvalue weighted by molar-refractivity contribution is 9.10. The molecule has 1 heterocycles. The van der Waals surface area contributed by atoms with Crippen molar-refractivity contribution >= 4 is 27.5 Å². The minimum atomic E-state index is -0.261. The number of nitrogens with zero attached hydrogens (tertiary/aromatic N) is 2. The number of amidine groups is 1. The average Bonchev–Trinajstić information content (AvgIpc) is 2.46. The lowest BCUT2D eigenvalue weighted by Crippen LogP contribution is -2.38. The number of nitrogens with two attached hydrogens (primary N) is 1. The topological polar surface area (TPSA) is 82.1 Å². The first-order valence-corrected chi connectivity index (χ1v) is 7.52. The van der Waals surface area contributed by atoms with E-state index in [9.17, 15) is 5.11 Å². The van der Waals surface area contributed by atoms with E-state index in [1.165, 1.54) is 0 Å². The molecule has 1 aliphatic heterocycles. The van der Waals surface area contributed by atoms with E-state index in [1.807, 2.05) is 25.1 Å². The first-order valence-electron chi connectivity index (χ1n) is 6.73. The third-order valence-electron chi connectivity index (χ3n) is 3.91. The van der Waals surface area contributed by atoms with Crippen LogP contribution < -0.4 is 10.6 Å². The summed E-state index contributed by atoms with van der Waals surface area (Å²) in [6.07, 6.45) is 1.63. The zero-order valence-corrected chi connectivity index (χ0v) is 13.0. The molecule has 1 aliphatic rings. The Bertz CT molecular complexity index is 497. The van der Waals surface area contributed by atoms with E-state index in [0.717, 1.165) is 41.7 Å². The van der Waals surface area contributed by atoms with Crippen LogP contribution in [0.1, 0.15) is 25.3 Å². The van der Waals surface area contributed by atoms with Crippen molar-refractivity contribution in [3.63, 3.8) is 0 Å². The summed E-state index contributed by atoms with van der Waals surface area (Å²) in [7, 11) is 0. The normalized spacial score (nSPS) is 19.1. The van der Waals surface area contributed by atoms with Gasteiger partial charge in [-0.25, -0.2) is 0 Å². The van der Waals surface area contributed by atoms with Crippen molar-refractivity contribution in [2.24, 2.45) is 16.8 Å². The maximum atomic E-state index is 9.66. The van der Waals surface area contributed by atoms with Crippen molar-refractivity contribution in [1.82, 2.24) is 0 Å². The number of oxime groups is 1. The molecule has 2 rings (SSSR count). The lowest BCUT2D eigenvalue weighted by Gasteiger charge is -2.35. The van der Waals surface area contributed by atoms with Crippen LogP contribution >= 0.6 is 15.9 Å². The first-order chi connectivity index (χ1) is 9.52. The summed E-state index contributed by atoms with van der Waals surface area (Å²) in [4.78, 5) is 2.22. The molecule has 1 aromatic carbocycles. The Hall–Kier alpha value is -1.27.